The number of aliphatic hydroxyl groups excluding tert-OH is 1. The predicted octanol–water partition coefficient (Wildman–Crippen LogP) is 0.326. The molecule has 1 rings (SSSR count). The van der Waals surface area contributed by atoms with E-state index in [2.05, 4.69) is 0 Å². The number of likely N-dealkylation sites (N-methyl/N-ethyl adjacent to an activating group) is 1. The molecule has 0 aromatic heterocycles. The van der Waals surface area contributed by atoms with Gasteiger partial charge in [-0.15, -0.1) is 0 Å². The standard InChI is InChI=1S/C11H19NO4/c1-7(6-13)12(2)10(14)8-4-3-5-9(8)11(15)16/h7-9,13H,3-6H2,1-2H3,(H,15,16)/t7?,8-,9+/m1/s1. The van der Waals surface area contributed by atoms with Crippen molar-refractivity contribution in [1.82, 2.24) is 4.90 Å². The molecule has 16 heavy (non-hydrogen) atoms. The summed E-state index contributed by atoms with van der Waals surface area (Å²) in [5.74, 6) is -2.02. The summed E-state index contributed by atoms with van der Waals surface area (Å²) < 4.78 is 0. The van der Waals surface area contributed by atoms with Crippen LogP contribution in [-0.4, -0.2) is 46.7 Å². The van der Waals surface area contributed by atoms with E-state index in [1.54, 1.807) is 14.0 Å². The van der Waals surface area contributed by atoms with Gasteiger partial charge in [0, 0.05) is 7.05 Å². The van der Waals surface area contributed by atoms with Crippen molar-refractivity contribution in [2.45, 2.75) is 32.2 Å². The lowest BCUT2D eigenvalue weighted by Crippen LogP contribution is -2.43. The molecule has 0 bridgehead atoms. The second-order valence-corrected chi connectivity index (χ2v) is 4.46. The van der Waals surface area contributed by atoms with Crippen LogP contribution in [-0.2, 0) is 9.59 Å². The molecular weight excluding hydrogens is 210 g/mol. The Labute approximate surface area is 95.1 Å². The fourth-order valence-electron chi connectivity index (χ4n) is 2.15. The van der Waals surface area contributed by atoms with Crippen LogP contribution in [0.2, 0.25) is 0 Å². The maximum absolute atomic E-state index is 12.0. The predicted molar refractivity (Wildman–Crippen MR) is 57.8 cm³/mol. The number of aliphatic carboxylic acids is 1. The second-order valence-electron chi connectivity index (χ2n) is 4.46. The summed E-state index contributed by atoms with van der Waals surface area (Å²) in [5.41, 5.74) is 0. The molecule has 0 saturated heterocycles. The number of amides is 1. The monoisotopic (exact) mass is 229 g/mol. The van der Waals surface area contributed by atoms with Crippen LogP contribution in [0.4, 0.5) is 0 Å². The van der Waals surface area contributed by atoms with Crippen molar-refractivity contribution < 1.29 is 19.8 Å². The highest BCUT2D eigenvalue weighted by atomic mass is 16.4. The van der Waals surface area contributed by atoms with Gasteiger partial charge in [-0.2, -0.15) is 0 Å². The number of carbonyl (C=O) groups excluding carboxylic acids is 1. The van der Waals surface area contributed by atoms with E-state index in [9.17, 15) is 9.59 Å². The van der Waals surface area contributed by atoms with Crippen LogP contribution in [0.15, 0.2) is 0 Å². The van der Waals surface area contributed by atoms with Gasteiger partial charge in [0.2, 0.25) is 5.91 Å². The zero-order chi connectivity index (χ0) is 12.3. The van der Waals surface area contributed by atoms with Crippen LogP contribution < -0.4 is 0 Å². The molecule has 0 aliphatic heterocycles. The number of carboxylic acids is 1. The van der Waals surface area contributed by atoms with Crippen molar-refractivity contribution in [3.63, 3.8) is 0 Å². The summed E-state index contributed by atoms with van der Waals surface area (Å²) in [5, 5.41) is 18.0. The van der Waals surface area contributed by atoms with Crippen LogP contribution in [0.5, 0.6) is 0 Å². The van der Waals surface area contributed by atoms with Gasteiger partial charge in [0.05, 0.1) is 24.5 Å². The fourth-order valence-corrected chi connectivity index (χ4v) is 2.15. The van der Waals surface area contributed by atoms with Gasteiger partial charge in [0.25, 0.3) is 0 Å². The number of carboxylic acid groups (broad SMARTS) is 1. The second kappa shape index (κ2) is 5.30. The first-order chi connectivity index (χ1) is 7.49. The smallest absolute Gasteiger partial charge is 0.307 e. The molecule has 0 heterocycles. The lowest BCUT2D eigenvalue weighted by Gasteiger charge is -2.27. The SMILES string of the molecule is CC(CO)N(C)C(=O)[C@@H]1CCC[C@@H]1C(=O)O. The molecule has 0 aromatic rings. The normalized spacial score (nSPS) is 26.4. The van der Waals surface area contributed by atoms with Crippen LogP contribution in [0, 0.1) is 11.8 Å². The number of aliphatic hydroxyl groups is 1. The Kier molecular flexibility index (Phi) is 4.29. The number of nitrogens with zero attached hydrogens (tertiary/aromatic N) is 1. The fraction of sp³-hybridized carbons (Fsp3) is 0.818. The molecular formula is C11H19NO4. The third kappa shape index (κ3) is 2.52. The minimum atomic E-state index is -0.888. The average molecular weight is 229 g/mol. The molecule has 1 saturated carbocycles. The summed E-state index contributed by atoms with van der Waals surface area (Å²) in [6.07, 6.45) is 2.00. The van der Waals surface area contributed by atoms with Crippen LogP contribution in [0.1, 0.15) is 26.2 Å². The molecule has 92 valence electrons. The third-order valence-corrected chi connectivity index (χ3v) is 3.42. The van der Waals surface area contributed by atoms with E-state index in [4.69, 9.17) is 10.2 Å². The first-order valence-corrected chi connectivity index (χ1v) is 5.59. The van der Waals surface area contributed by atoms with Crippen molar-refractivity contribution in [1.29, 1.82) is 0 Å². The summed E-state index contributed by atoms with van der Waals surface area (Å²) in [7, 11) is 1.61. The molecule has 1 fully saturated rings. The van der Waals surface area contributed by atoms with Crippen molar-refractivity contribution in [2.24, 2.45) is 11.8 Å². The molecule has 2 N–H and O–H groups in total. The van der Waals surface area contributed by atoms with Crippen molar-refractivity contribution in [3.8, 4) is 0 Å². The zero-order valence-electron chi connectivity index (χ0n) is 9.72. The van der Waals surface area contributed by atoms with Crippen molar-refractivity contribution in [2.75, 3.05) is 13.7 Å². The lowest BCUT2D eigenvalue weighted by atomic mass is 9.94. The molecule has 5 nitrogen and oxygen atoms in total. The summed E-state index contributed by atoms with van der Waals surface area (Å²) >= 11 is 0. The topological polar surface area (TPSA) is 77.8 Å². The average Bonchev–Trinajstić information content (AvgIpc) is 2.74. The highest BCUT2D eigenvalue weighted by Crippen LogP contribution is 2.33. The van der Waals surface area contributed by atoms with Crippen LogP contribution in [0.25, 0.3) is 0 Å². The maximum Gasteiger partial charge on any atom is 0.307 e. The Bertz CT molecular complexity index is 279. The van der Waals surface area contributed by atoms with Gasteiger partial charge in [-0.1, -0.05) is 6.42 Å². The van der Waals surface area contributed by atoms with E-state index in [0.717, 1.165) is 6.42 Å². The molecule has 0 radical (unpaired) electrons. The minimum absolute atomic E-state index is 0.104. The Morgan fingerprint density at radius 3 is 2.44 bits per heavy atom. The molecule has 0 spiro atoms. The Hall–Kier alpha value is -1.10. The maximum atomic E-state index is 12.0. The first-order valence-electron chi connectivity index (χ1n) is 5.59. The van der Waals surface area contributed by atoms with Crippen molar-refractivity contribution in [3.05, 3.63) is 0 Å². The van der Waals surface area contributed by atoms with Crippen molar-refractivity contribution >= 4 is 11.9 Å². The Morgan fingerprint density at radius 1 is 1.38 bits per heavy atom. The van der Waals surface area contributed by atoms with E-state index in [1.165, 1.54) is 4.90 Å². The molecule has 0 aromatic carbocycles. The lowest BCUT2D eigenvalue weighted by molar-refractivity contribution is -0.149. The molecule has 5 heteroatoms. The Morgan fingerprint density at radius 2 is 1.94 bits per heavy atom. The first kappa shape index (κ1) is 13.0. The Balaban J connectivity index is 2.69. The zero-order valence-corrected chi connectivity index (χ0v) is 9.72. The van der Waals surface area contributed by atoms with E-state index in [1.807, 2.05) is 0 Å². The van der Waals surface area contributed by atoms with E-state index < -0.39 is 17.8 Å². The summed E-state index contributed by atoms with van der Waals surface area (Å²) in [4.78, 5) is 24.4. The molecule has 3 atom stereocenters. The third-order valence-electron chi connectivity index (χ3n) is 3.42. The van der Waals surface area contributed by atoms with Gasteiger partial charge >= 0.3 is 5.97 Å². The number of rotatable bonds is 4. The highest BCUT2D eigenvalue weighted by molar-refractivity contribution is 5.85. The van der Waals surface area contributed by atoms with E-state index >= 15 is 0 Å². The summed E-state index contributed by atoms with van der Waals surface area (Å²) in [6, 6.07) is -0.262. The largest absolute Gasteiger partial charge is 0.481 e. The molecule has 1 aliphatic carbocycles. The van der Waals surface area contributed by atoms with Crippen LogP contribution >= 0.6 is 0 Å². The van der Waals surface area contributed by atoms with Gasteiger partial charge in [-0.3, -0.25) is 9.59 Å². The highest BCUT2D eigenvalue weighted by Gasteiger charge is 2.39. The number of carbonyl (C=O) groups is 2. The number of hydrogen-bond donors (Lipinski definition) is 2. The van der Waals surface area contributed by atoms with Gasteiger partial charge in [-0.25, -0.2) is 0 Å². The van der Waals surface area contributed by atoms with E-state index in [0.29, 0.717) is 12.8 Å². The van der Waals surface area contributed by atoms with Gasteiger partial charge in [0.15, 0.2) is 0 Å². The van der Waals surface area contributed by atoms with Gasteiger partial charge < -0.3 is 15.1 Å². The van der Waals surface area contributed by atoms with Gasteiger partial charge in [0.1, 0.15) is 0 Å². The molecule has 1 aliphatic rings. The quantitative estimate of drug-likeness (QED) is 0.728. The summed E-state index contributed by atoms with van der Waals surface area (Å²) in [6.45, 7) is 1.63. The minimum Gasteiger partial charge on any atom is -0.481 e. The molecule has 1 unspecified atom stereocenters. The molecule has 1 amide bonds. The van der Waals surface area contributed by atoms with E-state index in [-0.39, 0.29) is 18.6 Å². The number of hydrogen-bond acceptors (Lipinski definition) is 3. The van der Waals surface area contributed by atoms with Gasteiger partial charge in [-0.05, 0) is 19.8 Å². The van der Waals surface area contributed by atoms with Crippen LogP contribution in [0.3, 0.4) is 0 Å².